The van der Waals surface area contributed by atoms with Crippen molar-refractivity contribution in [2.75, 3.05) is 19.7 Å². The molecule has 5 heterocycles. The molecule has 2 aromatic heterocycles. The fourth-order valence-corrected chi connectivity index (χ4v) is 15.2. The second-order valence-corrected chi connectivity index (χ2v) is 39.2. The van der Waals surface area contributed by atoms with Gasteiger partial charge in [0, 0.05) is 29.6 Å². The van der Waals surface area contributed by atoms with E-state index in [4.69, 9.17) is 63.4 Å². The van der Waals surface area contributed by atoms with Crippen molar-refractivity contribution in [2.45, 2.75) is 255 Å². The molecule has 0 radical (unpaired) electrons. The molecule has 0 unspecified atom stereocenters. The highest BCUT2D eigenvalue weighted by atomic mass is 35.6. The Kier molecular flexibility index (Phi) is 26.7. The maximum atomic E-state index is 14.6. The number of esters is 3. The maximum Gasteiger partial charge on any atom is 0.325 e. The van der Waals surface area contributed by atoms with Gasteiger partial charge in [-0.3, -0.25) is 58.3 Å². The molecule has 103 heavy (non-hydrogen) atoms. The number of hydrazine groups is 2. The van der Waals surface area contributed by atoms with Gasteiger partial charge in [0.25, 0.3) is 23.6 Å². The van der Waals surface area contributed by atoms with Gasteiger partial charge in [-0.1, -0.05) is 158 Å². The predicted molar refractivity (Wildman–Crippen MR) is 403 cm³/mol. The number of halogens is 3. The Morgan fingerprint density at radius 3 is 2.03 bits per heavy atom. The van der Waals surface area contributed by atoms with Crippen LogP contribution in [0.4, 0.5) is 0 Å². The summed E-state index contributed by atoms with van der Waals surface area (Å²) < 4.78 is 22.5. The highest BCUT2D eigenvalue weighted by Crippen LogP contribution is 2.49. The molecule has 9 rings (SSSR count). The summed E-state index contributed by atoms with van der Waals surface area (Å²) in [6, 6.07) is 16.1. The van der Waals surface area contributed by atoms with Crippen LogP contribution in [0, 0.1) is 22.7 Å². The minimum Gasteiger partial charge on any atom is -0.460 e. The van der Waals surface area contributed by atoms with Gasteiger partial charge < -0.3 is 39.7 Å². The number of amides is 5. The maximum absolute atomic E-state index is 14.6. The third-order valence-corrected chi connectivity index (χ3v) is 26.1. The molecule has 2 aromatic carbocycles. The molecule has 2 saturated heterocycles. The molecule has 1 spiro atoms. The average molecular weight is 1500 g/mol. The molecule has 6 N–H and O–H groups in total. The number of hydrogen-bond acceptors (Lipinski definition) is 17. The quantitative estimate of drug-likeness (QED) is 0.0296. The first-order valence-electron chi connectivity index (χ1n) is 36.4. The van der Waals surface area contributed by atoms with E-state index in [1.165, 1.54) is 10.0 Å². The van der Waals surface area contributed by atoms with E-state index in [-0.39, 0.29) is 28.8 Å². The number of hydrogen-bond donors (Lipinski definition) is 6. The average Bonchev–Trinajstić information content (AvgIpc) is 0.925. The van der Waals surface area contributed by atoms with Gasteiger partial charge in [0.1, 0.15) is 30.8 Å². The number of nitrogens with one attached hydrogen (secondary N) is 5. The number of cyclic esters (lactones) is 1. The Bertz CT molecular complexity index is 3810. The van der Waals surface area contributed by atoms with E-state index in [1.54, 1.807) is 48.5 Å². The van der Waals surface area contributed by atoms with Gasteiger partial charge in [-0.15, -0.1) is 0 Å². The first-order chi connectivity index (χ1) is 48.0. The molecule has 564 valence electrons. The second-order valence-electron chi connectivity index (χ2n) is 32.0. The molecule has 2 aliphatic carbocycles. The Morgan fingerprint density at radius 1 is 0.777 bits per heavy atom. The first kappa shape index (κ1) is 82.1. The number of rotatable bonds is 14. The van der Waals surface area contributed by atoms with E-state index in [0.717, 1.165) is 38.6 Å². The number of carbonyl (C=O) groups is 8. The summed E-state index contributed by atoms with van der Waals surface area (Å²) in [5.41, 5.74) is 7.54. The summed E-state index contributed by atoms with van der Waals surface area (Å²) in [7, 11) is -2.13. The summed E-state index contributed by atoms with van der Waals surface area (Å²) in [4.78, 5) is 118. The van der Waals surface area contributed by atoms with E-state index in [9.17, 15) is 43.5 Å². The van der Waals surface area contributed by atoms with Crippen LogP contribution in [0.2, 0.25) is 18.1 Å². The van der Waals surface area contributed by atoms with Crippen LogP contribution in [0.15, 0.2) is 72.8 Å². The zero-order valence-corrected chi connectivity index (χ0v) is 66.0. The van der Waals surface area contributed by atoms with Crippen molar-refractivity contribution >= 4 is 125 Å². The number of nitrogens with zero attached hydrogens (tertiary/aromatic N) is 4. The van der Waals surface area contributed by atoms with Crippen LogP contribution in [0.5, 0.6) is 0 Å². The highest BCUT2D eigenvalue weighted by Gasteiger charge is 2.51. The van der Waals surface area contributed by atoms with Gasteiger partial charge in [0.05, 0.1) is 44.8 Å². The number of benzene rings is 2. The lowest BCUT2D eigenvalue weighted by Crippen LogP contribution is -2.61. The SMILES string of the molecule is CC(C)[C@@H]1OC(=O)C2(/C=C/c3ccc4ccc(nc4c3)[C@@H](C)NC(=O)[C@@H]3CCCN(N3)C(=O)[C@H](C)NC1=O)CCC(C)(O)CC2.CC(C)c1ccc2ccc(/C=C/C3(C(=O)O[C@H](C(=O)N[C@@H](C)C(=O)N4CCC[C@@H](C(=O)OCC(Cl)(Cl)Cl)N4)C(C)C)CCC(C)(O[Si](C)(C)C(C)(C)C)CC3)cc2n1. The minimum absolute atomic E-state index is 0.0177. The molecule has 26 heteroatoms. The van der Waals surface area contributed by atoms with Crippen molar-refractivity contribution in [1.29, 1.82) is 0 Å². The van der Waals surface area contributed by atoms with Crippen LogP contribution >= 0.6 is 34.8 Å². The van der Waals surface area contributed by atoms with Crippen molar-refractivity contribution in [3.8, 4) is 0 Å². The fourth-order valence-electron chi connectivity index (χ4n) is 13.3. The van der Waals surface area contributed by atoms with Crippen molar-refractivity contribution in [3.05, 3.63) is 95.3 Å². The monoisotopic (exact) mass is 1500 g/mol. The summed E-state index contributed by atoms with van der Waals surface area (Å²) in [5, 5.41) is 23.9. The number of aromatic nitrogens is 2. The predicted octanol–water partition coefficient (Wildman–Crippen LogP) is 12.5. The molecular formula is C77H108Cl3N9O13Si. The molecular weight excluding hydrogens is 1390 g/mol. The zero-order chi connectivity index (χ0) is 76.0. The molecule has 4 fully saturated rings. The van der Waals surface area contributed by atoms with Crippen LogP contribution in [-0.4, -0.2) is 152 Å². The third-order valence-electron chi connectivity index (χ3n) is 21.1. The van der Waals surface area contributed by atoms with Crippen LogP contribution in [0.3, 0.4) is 0 Å². The normalized spacial score (nSPS) is 27.4. The lowest BCUT2D eigenvalue weighted by molar-refractivity contribution is -0.170. The topological polar surface area (TPSA) is 286 Å². The van der Waals surface area contributed by atoms with E-state index in [1.807, 2.05) is 85.8 Å². The van der Waals surface area contributed by atoms with Crippen molar-refractivity contribution in [2.24, 2.45) is 22.7 Å². The fraction of sp³-hybridized carbons (Fsp3) is 0.610. The number of ether oxygens (including phenoxy) is 3. The van der Waals surface area contributed by atoms with Gasteiger partial charge in [-0.25, -0.2) is 10.9 Å². The van der Waals surface area contributed by atoms with Gasteiger partial charge in [0.15, 0.2) is 20.5 Å². The largest absolute Gasteiger partial charge is 0.460 e. The molecule has 5 aliphatic rings. The van der Waals surface area contributed by atoms with E-state index < -0.39 is 125 Å². The van der Waals surface area contributed by atoms with Crippen molar-refractivity contribution in [3.63, 3.8) is 0 Å². The number of alkyl halides is 3. The van der Waals surface area contributed by atoms with Gasteiger partial charge in [-0.2, -0.15) is 0 Å². The first-order valence-corrected chi connectivity index (χ1v) is 40.4. The van der Waals surface area contributed by atoms with Crippen LogP contribution in [0.1, 0.15) is 208 Å². The Hall–Kier alpha value is -6.57. The molecule has 3 aliphatic heterocycles. The number of pyridine rings is 2. The summed E-state index contributed by atoms with van der Waals surface area (Å²) >= 11 is 17.2. The molecule has 4 aromatic rings. The lowest BCUT2D eigenvalue weighted by Gasteiger charge is -2.48. The summed E-state index contributed by atoms with van der Waals surface area (Å²) in [6.45, 7) is 31.7. The molecule has 5 amide bonds. The third kappa shape index (κ3) is 21.2. The van der Waals surface area contributed by atoms with E-state index in [2.05, 4.69) is 87.5 Å². The Morgan fingerprint density at radius 2 is 1.40 bits per heavy atom. The standard InChI is InChI=1S/C43H63Cl3N4O7Si.C34H45N5O6/c1-27(2)32-17-16-31-15-14-30(25-34(31)48-32)18-19-42(22-20-41(9,21-23-42)57-58(10,11)40(6,7)8)39(54)56-35(28(3)4)36(51)47-29(5)37(52)50-24-12-13-33(49-50)38(53)55-26-43(44,45)46;1-20(2)28-30(41)36-22(4)31(42)39-18-6-7-26(38-39)29(40)35-21(3)25-11-10-24-9-8-23(19-27(24)37-25)12-13-34(32(43)45-28)16-14-33(5,44)15-17-34/h14-19,25,27-29,33,35,49H,12-13,20-24,26H2,1-11H3,(H,47,51);8-13,19-22,26,28,38,44H,6-7,14-18H2,1-5H3,(H,35,40)(H,36,41)/b19-18+;13-12+/t29-,33-,35-,41?,42?;21-,22+,26+,28+,33?,34?/m01/s1. The van der Waals surface area contributed by atoms with Crippen molar-refractivity contribution in [1.82, 2.24) is 46.8 Å². The number of carbonyl (C=O) groups excluding carboxylic acids is 8. The summed E-state index contributed by atoms with van der Waals surface area (Å²) in [6.07, 6.45) is 11.0. The number of aliphatic hydroxyl groups is 1. The van der Waals surface area contributed by atoms with Gasteiger partial charge >= 0.3 is 17.9 Å². The van der Waals surface area contributed by atoms with Crippen LogP contribution in [-0.2, 0) is 57.0 Å². The van der Waals surface area contributed by atoms with Gasteiger partial charge in [0.2, 0.25) is 9.70 Å². The van der Waals surface area contributed by atoms with Gasteiger partial charge in [-0.05, 0) is 183 Å². The zero-order valence-electron chi connectivity index (χ0n) is 62.7. The minimum atomic E-state index is -2.13. The lowest BCUT2D eigenvalue weighted by atomic mass is 9.68. The number of fused-ring (bicyclic) bond motifs is 5. The molecule has 7 atom stereocenters. The highest BCUT2D eigenvalue weighted by molar-refractivity contribution is 6.74. The summed E-state index contributed by atoms with van der Waals surface area (Å²) in [5.74, 6) is -4.46. The van der Waals surface area contributed by atoms with E-state index >= 15 is 0 Å². The van der Waals surface area contributed by atoms with Crippen LogP contribution < -0.4 is 26.8 Å². The Balaban J connectivity index is 0.000000269. The second kappa shape index (κ2) is 33.5. The molecule has 22 nitrogen and oxygen atoms in total. The smallest absolute Gasteiger partial charge is 0.325 e. The van der Waals surface area contributed by atoms with Crippen molar-refractivity contribution < 1.29 is 62.1 Å². The molecule has 5 bridgehead atoms. The Labute approximate surface area is 623 Å². The van der Waals surface area contributed by atoms with Crippen LogP contribution in [0.25, 0.3) is 34.0 Å². The van der Waals surface area contributed by atoms with E-state index in [0.29, 0.717) is 95.8 Å². The molecule has 2 saturated carbocycles.